The third kappa shape index (κ3) is 7.28. The molecule has 0 radical (unpaired) electrons. The molecule has 0 saturated carbocycles. The molecule has 0 aromatic heterocycles. The van der Waals surface area contributed by atoms with Crippen molar-refractivity contribution in [1.29, 1.82) is 0 Å². The first-order valence-electron chi connectivity index (χ1n) is 10.2. The van der Waals surface area contributed by atoms with Crippen LogP contribution in [0.2, 0.25) is 0 Å². The van der Waals surface area contributed by atoms with E-state index in [1.807, 2.05) is 17.8 Å². The number of guanidine groups is 1. The van der Waals surface area contributed by atoms with Gasteiger partial charge in [0.25, 0.3) is 0 Å². The Hall–Kier alpha value is -1.64. The molecule has 7 nitrogen and oxygen atoms in total. The third-order valence-corrected chi connectivity index (χ3v) is 5.95. The molecule has 1 aromatic carbocycles. The molecule has 8 heteroatoms. The molecule has 1 fully saturated rings. The lowest BCUT2D eigenvalue weighted by molar-refractivity contribution is 0.0169. The number of rotatable bonds is 10. The van der Waals surface area contributed by atoms with Crippen LogP contribution >= 0.6 is 11.8 Å². The smallest absolute Gasteiger partial charge is 0.191 e. The van der Waals surface area contributed by atoms with Crippen LogP contribution in [-0.4, -0.2) is 82.5 Å². The van der Waals surface area contributed by atoms with Crippen molar-refractivity contribution in [2.24, 2.45) is 4.99 Å². The molecule has 2 N–H and O–H groups in total. The van der Waals surface area contributed by atoms with Gasteiger partial charge >= 0.3 is 0 Å². The van der Waals surface area contributed by atoms with Crippen molar-refractivity contribution < 1.29 is 14.2 Å². The summed E-state index contributed by atoms with van der Waals surface area (Å²) >= 11 is 1.83. The minimum atomic E-state index is 0.181. The van der Waals surface area contributed by atoms with Crippen molar-refractivity contribution in [1.82, 2.24) is 15.5 Å². The minimum Gasteiger partial charge on any atom is -0.493 e. The number of methoxy groups -OCH3 is 2. The Morgan fingerprint density at radius 1 is 1.21 bits per heavy atom. The normalized spacial score (nSPS) is 17.5. The summed E-state index contributed by atoms with van der Waals surface area (Å²) in [4.78, 5) is 7.19. The summed E-state index contributed by atoms with van der Waals surface area (Å²) in [6, 6.07) is 6.34. The fraction of sp³-hybridized carbons (Fsp3) is 0.667. The lowest BCUT2D eigenvalue weighted by atomic mass is 10.0. The molecule has 0 aliphatic carbocycles. The van der Waals surface area contributed by atoms with Gasteiger partial charge in [-0.15, -0.1) is 0 Å². The molecule has 29 heavy (non-hydrogen) atoms. The first-order valence-corrected chi connectivity index (χ1v) is 11.5. The maximum atomic E-state index is 5.56. The van der Waals surface area contributed by atoms with E-state index in [1.165, 1.54) is 5.56 Å². The highest BCUT2D eigenvalue weighted by atomic mass is 32.2. The second-order valence-corrected chi connectivity index (χ2v) is 8.20. The summed E-state index contributed by atoms with van der Waals surface area (Å²) in [6.45, 7) is 9.95. The Bertz CT molecular complexity index is 638. The van der Waals surface area contributed by atoms with E-state index in [0.717, 1.165) is 63.4 Å². The average Bonchev–Trinajstić information content (AvgIpc) is 2.77. The predicted molar refractivity (Wildman–Crippen MR) is 122 cm³/mol. The second-order valence-electron chi connectivity index (χ2n) is 6.93. The Morgan fingerprint density at radius 3 is 2.55 bits per heavy atom. The maximum Gasteiger partial charge on any atom is 0.191 e. The zero-order valence-electron chi connectivity index (χ0n) is 18.4. The molecule has 1 heterocycles. The molecular formula is C21H36N4O3S. The highest BCUT2D eigenvalue weighted by Crippen LogP contribution is 2.32. The van der Waals surface area contributed by atoms with E-state index in [0.29, 0.717) is 5.25 Å². The van der Waals surface area contributed by atoms with E-state index in [1.54, 1.807) is 14.2 Å². The van der Waals surface area contributed by atoms with Crippen molar-refractivity contribution in [3.8, 4) is 11.5 Å². The molecule has 1 saturated heterocycles. The van der Waals surface area contributed by atoms with Crippen LogP contribution in [0.3, 0.4) is 0 Å². The average molecular weight is 425 g/mol. The number of benzene rings is 1. The number of nitrogens with zero attached hydrogens (tertiary/aromatic N) is 2. The zero-order chi connectivity index (χ0) is 21.1. The van der Waals surface area contributed by atoms with Gasteiger partial charge in [0.05, 0.1) is 40.0 Å². The standard InChI is InChI=1S/C21H36N4O3S/c1-6-22-21(23-14-16(2)29-5)24-15-18(25-9-11-28-12-10-25)17-7-8-19(26-3)20(13-17)27-4/h7-8,13,16,18H,6,9-12,14-15H2,1-5H3,(H2,22,23,24). The molecule has 0 amide bonds. The van der Waals surface area contributed by atoms with Crippen molar-refractivity contribution in [2.45, 2.75) is 25.1 Å². The van der Waals surface area contributed by atoms with Crippen molar-refractivity contribution in [3.05, 3.63) is 23.8 Å². The summed E-state index contributed by atoms with van der Waals surface area (Å²) in [5.41, 5.74) is 1.19. The van der Waals surface area contributed by atoms with Gasteiger partial charge in [0.1, 0.15) is 0 Å². The molecule has 0 spiro atoms. The molecule has 164 valence electrons. The van der Waals surface area contributed by atoms with Gasteiger partial charge in [-0.3, -0.25) is 9.89 Å². The van der Waals surface area contributed by atoms with Gasteiger partial charge in [0.15, 0.2) is 17.5 Å². The van der Waals surface area contributed by atoms with E-state index in [-0.39, 0.29) is 6.04 Å². The monoisotopic (exact) mass is 424 g/mol. The van der Waals surface area contributed by atoms with Gasteiger partial charge in [-0.1, -0.05) is 13.0 Å². The molecule has 1 aromatic rings. The van der Waals surface area contributed by atoms with Crippen molar-refractivity contribution >= 4 is 17.7 Å². The van der Waals surface area contributed by atoms with E-state index in [2.05, 4.69) is 47.8 Å². The first-order chi connectivity index (χ1) is 14.1. The molecule has 2 rings (SSSR count). The van der Waals surface area contributed by atoms with Crippen molar-refractivity contribution in [2.75, 3.05) is 66.4 Å². The molecule has 2 atom stereocenters. The minimum absolute atomic E-state index is 0.181. The van der Waals surface area contributed by atoms with Crippen LogP contribution in [0.1, 0.15) is 25.5 Å². The van der Waals surface area contributed by atoms with Crippen molar-refractivity contribution in [3.63, 3.8) is 0 Å². The number of hydrogen-bond donors (Lipinski definition) is 2. The van der Waals surface area contributed by atoms with Gasteiger partial charge in [-0.05, 0) is 30.9 Å². The first kappa shape index (κ1) is 23.6. The lowest BCUT2D eigenvalue weighted by Gasteiger charge is -2.35. The maximum absolute atomic E-state index is 5.56. The Labute approximate surface area is 179 Å². The van der Waals surface area contributed by atoms with Crippen LogP contribution in [0.5, 0.6) is 11.5 Å². The lowest BCUT2D eigenvalue weighted by Crippen LogP contribution is -2.46. The van der Waals surface area contributed by atoms with E-state index in [4.69, 9.17) is 19.2 Å². The quantitative estimate of drug-likeness (QED) is 0.442. The Morgan fingerprint density at radius 2 is 1.93 bits per heavy atom. The number of nitrogens with one attached hydrogen (secondary N) is 2. The molecule has 1 aliphatic heterocycles. The largest absolute Gasteiger partial charge is 0.493 e. The zero-order valence-corrected chi connectivity index (χ0v) is 19.2. The summed E-state index contributed by atoms with van der Waals surface area (Å²) in [5, 5.41) is 7.38. The Balaban J connectivity index is 2.19. The Kier molecular flexibility index (Phi) is 10.5. The number of aliphatic imine (C=N–C) groups is 1. The summed E-state index contributed by atoms with van der Waals surface area (Å²) in [7, 11) is 3.33. The second kappa shape index (κ2) is 12.8. The number of ether oxygens (including phenoxy) is 3. The fourth-order valence-electron chi connectivity index (χ4n) is 3.24. The highest BCUT2D eigenvalue weighted by molar-refractivity contribution is 7.99. The number of hydrogen-bond acceptors (Lipinski definition) is 6. The molecular weight excluding hydrogens is 388 g/mol. The SMILES string of the molecule is CCNC(=NCC(C)SC)NCC(c1ccc(OC)c(OC)c1)N1CCOCC1. The summed E-state index contributed by atoms with van der Waals surface area (Å²) < 4.78 is 16.5. The summed E-state index contributed by atoms with van der Waals surface area (Å²) in [5.74, 6) is 2.34. The van der Waals surface area contributed by atoms with Crippen LogP contribution in [0, 0.1) is 0 Å². The van der Waals surface area contributed by atoms with Crippen LogP contribution in [0.15, 0.2) is 23.2 Å². The van der Waals surface area contributed by atoms with Crippen LogP contribution in [-0.2, 0) is 4.74 Å². The van der Waals surface area contributed by atoms with Gasteiger partial charge in [-0.2, -0.15) is 11.8 Å². The summed E-state index contributed by atoms with van der Waals surface area (Å²) in [6.07, 6.45) is 2.12. The fourth-order valence-corrected chi connectivity index (χ4v) is 3.46. The van der Waals surface area contributed by atoms with E-state index in [9.17, 15) is 0 Å². The third-order valence-electron chi connectivity index (χ3n) is 4.99. The van der Waals surface area contributed by atoms with Gasteiger partial charge in [0.2, 0.25) is 0 Å². The van der Waals surface area contributed by atoms with Crippen LogP contribution in [0.4, 0.5) is 0 Å². The topological polar surface area (TPSA) is 67.4 Å². The number of morpholine rings is 1. The van der Waals surface area contributed by atoms with E-state index >= 15 is 0 Å². The van der Waals surface area contributed by atoms with Gasteiger partial charge in [0, 0.05) is 31.4 Å². The van der Waals surface area contributed by atoms with E-state index < -0.39 is 0 Å². The van der Waals surface area contributed by atoms with Crippen LogP contribution < -0.4 is 20.1 Å². The molecule has 1 aliphatic rings. The highest BCUT2D eigenvalue weighted by Gasteiger charge is 2.24. The van der Waals surface area contributed by atoms with Crippen LogP contribution in [0.25, 0.3) is 0 Å². The number of thioether (sulfide) groups is 1. The van der Waals surface area contributed by atoms with Gasteiger partial charge < -0.3 is 24.8 Å². The molecule has 2 unspecified atom stereocenters. The van der Waals surface area contributed by atoms with Gasteiger partial charge in [-0.25, -0.2) is 0 Å². The predicted octanol–water partition coefficient (Wildman–Crippen LogP) is 2.38. The molecule has 0 bridgehead atoms.